The maximum atomic E-state index is 12.3. The summed E-state index contributed by atoms with van der Waals surface area (Å²) in [6.45, 7) is 12.3. The lowest BCUT2D eigenvalue weighted by atomic mass is 10.0. The van der Waals surface area contributed by atoms with Gasteiger partial charge in [0.25, 0.3) is 0 Å². The van der Waals surface area contributed by atoms with Crippen LogP contribution in [0.1, 0.15) is 6.92 Å². The number of hydrogen-bond donors (Lipinski definition) is 1. The van der Waals surface area contributed by atoms with Gasteiger partial charge in [0.2, 0.25) is 0 Å². The highest BCUT2D eigenvalue weighted by molar-refractivity contribution is 6.12. The van der Waals surface area contributed by atoms with Crippen molar-refractivity contribution in [2.75, 3.05) is 7.11 Å². The quantitative estimate of drug-likeness (QED) is 0.413. The number of allylic oxidation sites excluding steroid dienone is 9. The van der Waals surface area contributed by atoms with E-state index in [0.29, 0.717) is 11.3 Å². The van der Waals surface area contributed by atoms with Gasteiger partial charge in [0.1, 0.15) is 11.5 Å². The third-order valence-electron chi connectivity index (χ3n) is 2.42. The number of aliphatic hydroxyl groups is 1. The van der Waals surface area contributed by atoms with Crippen LogP contribution in [0.3, 0.4) is 0 Å². The molecule has 106 valence electrons. The van der Waals surface area contributed by atoms with Gasteiger partial charge in [0.05, 0.1) is 12.7 Å². The normalized spacial score (nSPS) is 13.7. The largest absolute Gasteiger partial charge is 0.508 e. The van der Waals surface area contributed by atoms with Gasteiger partial charge in [0.15, 0.2) is 5.78 Å². The Kier molecular flexibility index (Phi) is 8.19. The van der Waals surface area contributed by atoms with Crippen LogP contribution in [-0.2, 0) is 9.53 Å². The number of Topliss-reactive ketones (excluding diaryl/α,β-unsaturated/α-hetero) is 1. The predicted octanol–water partition coefficient (Wildman–Crippen LogP) is 3.96. The van der Waals surface area contributed by atoms with Crippen LogP contribution >= 0.6 is 0 Å². The zero-order valence-electron chi connectivity index (χ0n) is 11.9. The fourth-order valence-electron chi connectivity index (χ4n) is 1.33. The van der Waals surface area contributed by atoms with Crippen LogP contribution in [0.4, 0.5) is 0 Å². The fourth-order valence-corrected chi connectivity index (χ4v) is 1.33. The number of ether oxygens (including phenoxy) is 1. The molecule has 3 nitrogen and oxygen atoms in total. The molecule has 3 heteroatoms. The molecule has 1 N–H and O–H groups in total. The lowest BCUT2D eigenvalue weighted by Crippen LogP contribution is -2.07. The summed E-state index contributed by atoms with van der Waals surface area (Å²) in [5, 5.41) is 9.74. The minimum absolute atomic E-state index is 0.109. The van der Waals surface area contributed by atoms with Gasteiger partial charge in [-0.15, -0.1) is 0 Å². The molecule has 0 aliphatic carbocycles. The smallest absolute Gasteiger partial charge is 0.196 e. The Hall–Kier alpha value is -2.55. The molecule has 0 atom stereocenters. The molecule has 0 rings (SSSR count). The van der Waals surface area contributed by atoms with E-state index in [4.69, 9.17) is 4.74 Å². The van der Waals surface area contributed by atoms with Crippen molar-refractivity contribution in [1.29, 1.82) is 0 Å². The van der Waals surface area contributed by atoms with Gasteiger partial charge in [-0.2, -0.15) is 0 Å². The van der Waals surface area contributed by atoms with Crippen LogP contribution in [-0.4, -0.2) is 18.0 Å². The van der Waals surface area contributed by atoms with Crippen LogP contribution in [0, 0.1) is 0 Å². The fraction of sp³-hybridized carbons (Fsp3) is 0.118. The highest BCUT2D eigenvalue weighted by Gasteiger charge is 2.15. The molecule has 0 aromatic rings. The van der Waals surface area contributed by atoms with Gasteiger partial charge in [-0.05, 0) is 37.3 Å². The predicted molar refractivity (Wildman–Crippen MR) is 83.2 cm³/mol. The molecular formula is C17H20O3. The third-order valence-corrected chi connectivity index (χ3v) is 2.42. The van der Waals surface area contributed by atoms with Crippen molar-refractivity contribution in [3.63, 3.8) is 0 Å². The van der Waals surface area contributed by atoms with Gasteiger partial charge in [-0.25, -0.2) is 0 Å². The minimum Gasteiger partial charge on any atom is -0.508 e. The maximum Gasteiger partial charge on any atom is 0.196 e. The lowest BCUT2D eigenvalue weighted by molar-refractivity contribution is -0.111. The molecule has 0 aliphatic heterocycles. The number of ketones is 1. The first-order valence-electron chi connectivity index (χ1n) is 5.99. The molecule has 0 fully saturated rings. The van der Waals surface area contributed by atoms with Crippen LogP contribution in [0.25, 0.3) is 0 Å². The van der Waals surface area contributed by atoms with Gasteiger partial charge in [0, 0.05) is 5.57 Å². The molecule has 0 radical (unpaired) electrons. The standard InChI is InChI=1S/C17H20O3/c1-6-10-15(16(18)9-4)17(19)13(7-2)11-12-14(8-3)20-5/h6-12,18H,1-3H2,4-5H3/b13-11+,14-12+,15-10+,16-9+. The molecule has 0 aromatic carbocycles. The van der Waals surface area contributed by atoms with E-state index in [1.54, 1.807) is 19.1 Å². The number of methoxy groups -OCH3 is 1. The molecule has 0 bridgehead atoms. The highest BCUT2D eigenvalue weighted by Crippen LogP contribution is 2.15. The molecule has 0 aliphatic rings. The lowest BCUT2D eigenvalue weighted by Gasteiger charge is -2.06. The molecule has 20 heavy (non-hydrogen) atoms. The number of aliphatic hydroxyl groups excluding tert-OH is 1. The zero-order chi connectivity index (χ0) is 15.5. The van der Waals surface area contributed by atoms with E-state index in [9.17, 15) is 9.90 Å². The van der Waals surface area contributed by atoms with Gasteiger partial charge >= 0.3 is 0 Å². The summed E-state index contributed by atoms with van der Waals surface area (Å²) < 4.78 is 5.01. The topological polar surface area (TPSA) is 46.5 Å². The Morgan fingerprint density at radius 2 is 1.75 bits per heavy atom. The van der Waals surface area contributed by atoms with Crippen molar-refractivity contribution in [1.82, 2.24) is 0 Å². The molecule has 0 spiro atoms. The second-order valence-electron chi connectivity index (χ2n) is 3.62. The number of carbonyl (C=O) groups excluding carboxylic acids is 1. The monoisotopic (exact) mass is 272 g/mol. The zero-order valence-corrected chi connectivity index (χ0v) is 11.9. The Bertz CT molecular complexity index is 514. The van der Waals surface area contributed by atoms with Crippen LogP contribution in [0.15, 0.2) is 84.9 Å². The minimum atomic E-state index is -0.355. The van der Waals surface area contributed by atoms with Gasteiger partial charge in [-0.3, -0.25) is 4.79 Å². The maximum absolute atomic E-state index is 12.3. The summed E-state index contributed by atoms with van der Waals surface area (Å²) in [6, 6.07) is 0. The van der Waals surface area contributed by atoms with E-state index in [1.807, 2.05) is 0 Å². The van der Waals surface area contributed by atoms with E-state index in [1.165, 1.54) is 37.5 Å². The highest BCUT2D eigenvalue weighted by atomic mass is 16.5. The first-order valence-corrected chi connectivity index (χ1v) is 5.99. The second-order valence-corrected chi connectivity index (χ2v) is 3.62. The average Bonchev–Trinajstić information content (AvgIpc) is 2.48. The number of hydrogen-bond acceptors (Lipinski definition) is 3. The molecule has 0 heterocycles. The first-order chi connectivity index (χ1) is 9.55. The Morgan fingerprint density at radius 1 is 1.10 bits per heavy atom. The number of rotatable bonds is 8. The van der Waals surface area contributed by atoms with Crippen LogP contribution in [0.5, 0.6) is 0 Å². The Morgan fingerprint density at radius 3 is 2.15 bits per heavy atom. The van der Waals surface area contributed by atoms with Crippen molar-refractivity contribution < 1.29 is 14.6 Å². The summed E-state index contributed by atoms with van der Waals surface area (Å²) in [6.07, 6.45) is 10.4. The van der Waals surface area contributed by atoms with Gasteiger partial charge in [-0.1, -0.05) is 31.9 Å². The second kappa shape index (κ2) is 9.39. The Balaban J connectivity index is 5.61. The van der Waals surface area contributed by atoms with E-state index in [2.05, 4.69) is 19.7 Å². The van der Waals surface area contributed by atoms with Crippen molar-refractivity contribution in [2.24, 2.45) is 0 Å². The molecule has 0 saturated heterocycles. The third kappa shape index (κ3) is 4.98. The SMILES string of the molecule is C=C/C=C(C(=O)/C(C=C)=C/C=C(\C=C)OC)\C(O)=C/C. The summed E-state index contributed by atoms with van der Waals surface area (Å²) >= 11 is 0. The summed E-state index contributed by atoms with van der Waals surface area (Å²) in [5.74, 6) is 0.0511. The van der Waals surface area contributed by atoms with Crippen molar-refractivity contribution in [3.05, 3.63) is 84.9 Å². The first kappa shape index (κ1) is 17.4. The average molecular weight is 272 g/mol. The van der Waals surface area contributed by atoms with E-state index >= 15 is 0 Å². The summed E-state index contributed by atoms with van der Waals surface area (Å²) in [5.41, 5.74) is 0.475. The molecule has 0 saturated carbocycles. The molecular weight excluding hydrogens is 252 g/mol. The van der Waals surface area contributed by atoms with Crippen molar-refractivity contribution >= 4 is 5.78 Å². The van der Waals surface area contributed by atoms with E-state index in [0.717, 1.165) is 0 Å². The summed E-state index contributed by atoms with van der Waals surface area (Å²) in [4.78, 5) is 12.3. The van der Waals surface area contributed by atoms with Crippen LogP contribution in [0.2, 0.25) is 0 Å². The molecule has 0 unspecified atom stereocenters. The Labute approximate surface area is 120 Å². The van der Waals surface area contributed by atoms with E-state index in [-0.39, 0.29) is 17.1 Å². The van der Waals surface area contributed by atoms with Crippen molar-refractivity contribution in [3.8, 4) is 0 Å². The van der Waals surface area contributed by atoms with Gasteiger partial charge < -0.3 is 9.84 Å². The molecule has 0 aromatic heterocycles. The number of carbonyl (C=O) groups is 1. The van der Waals surface area contributed by atoms with Crippen LogP contribution < -0.4 is 0 Å². The van der Waals surface area contributed by atoms with Crippen molar-refractivity contribution in [2.45, 2.75) is 6.92 Å². The van der Waals surface area contributed by atoms with E-state index < -0.39 is 0 Å². The molecule has 0 amide bonds. The summed E-state index contributed by atoms with van der Waals surface area (Å²) in [7, 11) is 1.51.